The molecule has 2 atom stereocenters. The third-order valence-corrected chi connectivity index (χ3v) is 4.71. The van der Waals surface area contributed by atoms with Gasteiger partial charge in [-0.2, -0.15) is 0 Å². The Labute approximate surface area is 124 Å². The van der Waals surface area contributed by atoms with Crippen molar-refractivity contribution in [2.75, 3.05) is 0 Å². The Morgan fingerprint density at radius 2 is 2.14 bits per heavy atom. The number of carboxylic acids is 1. The molecule has 2 fully saturated rings. The first-order valence-electron chi connectivity index (χ1n) is 7.74. The van der Waals surface area contributed by atoms with E-state index in [4.69, 9.17) is 0 Å². The highest BCUT2D eigenvalue weighted by Gasteiger charge is 2.43. The van der Waals surface area contributed by atoms with Crippen LogP contribution in [0.25, 0.3) is 0 Å². The zero-order valence-corrected chi connectivity index (χ0v) is 12.3. The molecule has 0 aromatic carbocycles. The number of aliphatic carboxylic acids is 1. The van der Waals surface area contributed by atoms with Gasteiger partial charge in [-0.25, -0.2) is 4.79 Å². The van der Waals surface area contributed by atoms with E-state index in [0.717, 1.165) is 25.7 Å². The first kappa shape index (κ1) is 14.2. The monoisotopic (exact) mass is 290 g/mol. The van der Waals surface area contributed by atoms with Crippen molar-refractivity contribution >= 4 is 11.9 Å². The standard InChI is InChI=1S/C16H22N2O3/c1-11-4-2-8-16(10-11,15(20)21)17-14(19)13-5-3-9-18(13)12-6-7-12/h3,5,9,11-12H,2,4,6-8,10H2,1H3,(H,17,19)(H,20,21). The highest BCUT2D eigenvalue weighted by atomic mass is 16.4. The molecule has 0 aliphatic heterocycles. The Kier molecular flexibility index (Phi) is 3.51. The maximum absolute atomic E-state index is 12.5. The molecule has 1 aromatic rings. The van der Waals surface area contributed by atoms with Crippen LogP contribution in [0.4, 0.5) is 0 Å². The van der Waals surface area contributed by atoms with E-state index in [9.17, 15) is 14.7 Å². The van der Waals surface area contributed by atoms with Crippen LogP contribution in [0.5, 0.6) is 0 Å². The molecule has 0 spiro atoms. The number of nitrogens with zero attached hydrogens (tertiary/aromatic N) is 1. The minimum Gasteiger partial charge on any atom is -0.480 e. The predicted molar refractivity (Wildman–Crippen MR) is 78.2 cm³/mol. The van der Waals surface area contributed by atoms with E-state index >= 15 is 0 Å². The zero-order valence-electron chi connectivity index (χ0n) is 12.3. The molecular weight excluding hydrogens is 268 g/mol. The van der Waals surface area contributed by atoms with Gasteiger partial charge in [0.05, 0.1) is 0 Å². The van der Waals surface area contributed by atoms with Crippen LogP contribution in [0.1, 0.15) is 62.0 Å². The Morgan fingerprint density at radius 3 is 2.76 bits per heavy atom. The van der Waals surface area contributed by atoms with Gasteiger partial charge in [-0.05, 0) is 43.7 Å². The minimum absolute atomic E-state index is 0.261. The number of rotatable bonds is 4. The van der Waals surface area contributed by atoms with Crippen LogP contribution in [0.2, 0.25) is 0 Å². The SMILES string of the molecule is CC1CCCC(NC(=O)c2cccn2C2CC2)(C(=O)O)C1. The van der Waals surface area contributed by atoms with Gasteiger partial charge in [0.2, 0.25) is 0 Å². The third kappa shape index (κ3) is 2.69. The lowest BCUT2D eigenvalue weighted by molar-refractivity contribution is -0.146. The highest BCUT2D eigenvalue weighted by molar-refractivity contribution is 5.96. The molecule has 2 aliphatic rings. The van der Waals surface area contributed by atoms with E-state index in [-0.39, 0.29) is 5.91 Å². The fourth-order valence-electron chi connectivity index (χ4n) is 3.45. The van der Waals surface area contributed by atoms with Crippen molar-refractivity contribution in [2.45, 2.75) is 57.0 Å². The summed E-state index contributed by atoms with van der Waals surface area (Å²) in [5.41, 5.74) is -0.524. The molecule has 5 heteroatoms. The normalized spacial score (nSPS) is 29.1. The molecule has 0 saturated heterocycles. The van der Waals surface area contributed by atoms with E-state index in [1.165, 1.54) is 0 Å². The Bertz CT molecular complexity index is 562. The zero-order chi connectivity index (χ0) is 15.0. The largest absolute Gasteiger partial charge is 0.480 e. The van der Waals surface area contributed by atoms with Crippen molar-refractivity contribution in [1.29, 1.82) is 0 Å². The van der Waals surface area contributed by atoms with E-state index in [1.807, 2.05) is 16.8 Å². The number of amides is 1. The summed E-state index contributed by atoms with van der Waals surface area (Å²) < 4.78 is 1.97. The second-order valence-corrected chi connectivity index (χ2v) is 6.57. The van der Waals surface area contributed by atoms with Crippen molar-refractivity contribution in [1.82, 2.24) is 9.88 Å². The number of aromatic nitrogens is 1. The summed E-state index contributed by atoms with van der Waals surface area (Å²) in [5.74, 6) is -0.847. The van der Waals surface area contributed by atoms with Crippen LogP contribution in [-0.4, -0.2) is 27.1 Å². The lowest BCUT2D eigenvalue weighted by Crippen LogP contribution is -2.57. The fraction of sp³-hybridized carbons (Fsp3) is 0.625. The Hall–Kier alpha value is -1.78. The van der Waals surface area contributed by atoms with Crippen molar-refractivity contribution in [3.63, 3.8) is 0 Å². The van der Waals surface area contributed by atoms with E-state index in [0.29, 0.717) is 30.5 Å². The van der Waals surface area contributed by atoms with Crippen molar-refractivity contribution < 1.29 is 14.7 Å². The van der Waals surface area contributed by atoms with Crippen LogP contribution >= 0.6 is 0 Å². The lowest BCUT2D eigenvalue weighted by Gasteiger charge is -2.37. The van der Waals surface area contributed by atoms with Gasteiger partial charge in [-0.3, -0.25) is 4.79 Å². The Morgan fingerprint density at radius 1 is 1.38 bits per heavy atom. The average Bonchev–Trinajstić information content (AvgIpc) is 3.15. The summed E-state index contributed by atoms with van der Waals surface area (Å²) in [6.45, 7) is 2.05. The topological polar surface area (TPSA) is 71.3 Å². The van der Waals surface area contributed by atoms with Crippen LogP contribution in [0.15, 0.2) is 18.3 Å². The minimum atomic E-state index is -1.10. The lowest BCUT2D eigenvalue weighted by atomic mass is 9.76. The average molecular weight is 290 g/mol. The molecule has 2 saturated carbocycles. The van der Waals surface area contributed by atoms with Crippen LogP contribution < -0.4 is 5.32 Å². The van der Waals surface area contributed by atoms with Gasteiger partial charge < -0.3 is 15.0 Å². The molecule has 1 aromatic heterocycles. The maximum Gasteiger partial charge on any atom is 0.329 e. The van der Waals surface area contributed by atoms with Gasteiger partial charge in [0.1, 0.15) is 11.2 Å². The van der Waals surface area contributed by atoms with Gasteiger partial charge in [0.25, 0.3) is 5.91 Å². The second-order valence-electron chi connectivity index (χ2n) is 6.57. The van der Waals surface area contributed by atoms with Gasteiger partial charge in [-0.15, -0.1) is 0 Å². The van der Waals surface area contributed by atoms with E-state index < -0.39 is 11.5 Å². The highest BCUT2D eigenvalue weighted by Crippen LogP contribution is 2.37. The van der Waals surface area contributed by atoms with Crippen LogP contribution in [-0.2, 0) is 4.79 Å². The summed E-state index contributed by atoms with van der Waals surface area (Å²) in [6.07, 6.45) is 7.00. The molecule has 3 rings (SSSR count). The first-order chi connectivity index (χ1) is 10.0. The smallest absolute Gasteiger partial charge is 0.329 e. The predicted octanol–water partition coefficient (Wildman–Crippen LogP) is 2.59. The second kappa shape index (κ2) is 5.20. The molecule has 1 heterocycles. The maximum atomic E-state index is 12.5. The molecule has 114 valence electrons. The van der Waals surface area contributed by atoms with Gasteiger partial charge in [0.15, 0.2) is 0 Å². The molecule has 21 heavy (non-hydrogen) atoms. The van der Waals surface area contributed by atoms with Gasteiger partial charge >= 0.3 is 5.97 Å². The molecular formula is C16H22N2O3. The molecule has 0 bridgehead atoms. The molecule has 2 aliphatic carbocycles. The number of hydrogen-bond acceptors (Lipinski definition) is 2. The summed E-state index contributed by atoms with van der Waals surface area (Å²) in [5, 5.41) is 12.5. The molecule has 0 radical (unpaired) electrons. The van der Waals surface area contributed by atoms with Crippen LogP contribution in [0, 0.1) is 5.92 Å². The van der Waals surface area contributed by atoms with Crippen LogP contribution in [0.3, 0.4) is 0 Å². The number of carboxylic acid groups (broad SMARTS) is 1. The third-order valence-electron chi connectivity index (χ3n) is 4.71. The quantitative estimate of drug-likeness (QED) is 0.895. The summed E-state index contributed by atoms with van der Waals surface area (Å²) in [4.78, 5) is 24.3. The molecule has 1 amide bonds. The summed E-state index contributed by atoms with van der Waals surface area (Å²) >= 11 is 0. The molecule has 5 nitrogen and oxygen atoms in total. The molecule has 2 N–H and O–H groups in total. The van der Waals surface area contributed by atoms with E-state index in [1.54, 1.807) is 6.07 Å². The van der Waals surface area contributed by atoms with Gasteiger partial charge in [-0.1, -0.05) is 19.8 Å². The summed E-state index contributed by atoms with van der Waals surface area (Å²) in [6, 6.07) is 4.03. The van der Waals surface area contributed by atoms with Crippen molar-refractivity contribution in [3.05, 3.63) is 24.0 Å². The number of hydrogen-bond donors (Lipinski definition) is 2. The molecule has 2 unspecified atom stereocenters. The van der Waals surface area contributed by atoms with E-state index in [2.05, 4.69) is 12.2 Å². The number of carbonyl (C=O) groups is 2. The Balaban J connectivity index is 1.80. The van der Waals surface area contributed by atoms with Crippen molar-refractivity contribution in [2.24, 2.45) is 5.92 Å². The van der Waals surface area contributed by atoms with Gasteiger partial charge in [0, 0.05) is 12.2 Å². The first-order valence-corrected chi connectivity index (χ1v) is 7.74. The summed E-state index contributed by atoms with van der Waals surface area (Å²) in [7, 11) is 0. The van der Waals surface area contributed by atoms with Crippen molar-refractivity contribution in [3.8, 4) is 0 Å². The number of carbonyl (C=O) groups excluding carboxylic acids is 1. The number of nitrogens with one attached hydrogen (secondary N) is 1. The fourth-order valence-corrected chi connectivity index (χ4v) is 3.45.